The first-order valence-electron chi connectivity index (χ1n) is 7.38. The minimum absolute atomic E-state index is 0.439. The van der Waals surface area contributed by atoms with Gasteiger partial charge < -0.3 is 9.47 Å². The first-order chi connectivity index (χ1) is 10.8. The smallest absolute Gasteiger partial charge is 0.328 e. The number of benzene rings is 2. The molecule has 4 nitrogen and oxygen atoms in total. The van der Waals surface area contributed by atoms with Crippen LogP contribution in [0.25, 0.3) is 0 Å². The first kappa shape index (κ1) is 16.7. The number of carbonyl (C=O) groups is 2. The van der Waals surface area contributed by atoms with Crippen LogP contribution >= 0.6 is 0 Å². The molecule has 0 spiro atoms. The van der Waals surface area contributed by atoms with E-state index in [1.807, 2.05) is 38.1 Å². The minimum atomic E-state index is -1.41. The van der Waals surface area contributed by atoms with Crippen LogP contribution in [-0.4, -0.2) is 11.9 Å². The molecule has 0 N–H and O–H groups in total. The van der Waals surface area contributed by atoms with Crippen molar-refractivity contribution in [3.63, 3.8) is 0 Å². The molecule has 23 heavy (non-hydrogen) atoms. The van der Waals surface area contributed by atoms with Crippen molar-refractivity contribution in [2.45, 2.75) is 27.7 Å². The maximum absolute atomic E-state index is 12.4. The van der Waals surface area contributed by atoms with Gasteiger partial charge in [-0.15, -0.1) is 0 Å². The molecule has 2 rings (SSSR count). The summed E-state index contributed by atoms with van der Waals surface area (Å²) in [5, 5.41) is 0. The van der Waals surface area contributed by atoms with Gasteiger partial charge in [-0.25, -0.2) is 0 Å². The van der Waals surface area contributed by atoms with Crippen LogP contribution in [0.3, 0.4) is 0 Å². The number of aryl methyl sites for hydroxylation is 2. The zero-order valence-corrected chi connectivity index (χ0v) is 13.8. The Morgan fingerprint density at radius 2 is 1.09 bits per heavy atom. The maximum atomic E-state index is 12.4. The SMILES string of the molecule is Cc1ccccc1OC(=O)C(C)(C)C(=O)Oc1ccccc1C. The molecule has 0 saturated carbocycles. The lowest BCUT2D eigenvalue weighted by Crippen LogP contribution is -2.39. The third kappa shape index (κ3) is 3.77. The Labute approximate surface area is 136 Å². The minimum Gasteiger partial charge on any atom is -0.425 e. The summed E-state index contributed by atoms with van der Waals surface area (Å²) in [5.74, 6) is -0.417. The molecule has 0 aliphatic carbocycles. The van der Waals surface area contributed by atoms with Crippen LogP contribution in [0, 0.1) is 19.3 Å². The second kappa shape index (κ2) is 6.65. The van der Waals surface area contributed by atoms with E-state index in [9.17, 15) is 9.59 Å². The van der Waals surface area contributed by atoms with Gasteiger partial charge in [0.15, 0.2) is 5.41 Å². The zero-order chi connectivity index (χ0) is 17.0. The van der Waals surface area contributed by atoms with E-state index < -0.39 is 17.4 Å². The van der Waals surface area contributed by atoms with Crippen molar-refractivity contribution in [1.82, 2.24) is 0 Å². The fourth-order valence-corrected chi connectivity index (χ4v) is 1.88. The van der Waals surface area contributed by atoms with E-state index in [1.165, 1.54) is 13.8 Å². The first-order valence-corrected chi connectivity index (χ1v) is 7.38. The molecule has 0 saturated heterocycles. The van der Waals surface area contributed by atoms with Crippen molar-refractivity contribution in [2.24, 2.45) is 5.41 Å². The molecule has 120 valence electrons. The molecular weight excluding hydrogens is 292 g/mol. The predicted molar refractivity (Wildman–Crippen MR) is 87.4 cm³/mol. The number of esters is 2. The highest BCUT2D eigenvalue weighted by Crippen LogP contribution is 2.26. The van der Waals surface area contributed by atoms with Gasteiger partial charge in [0, 0.05) is 0 Å². The summed E-state index contributed by atoms with van der Waals surface area (Å²) in [6.45, 7) is 6.66. The molecule has 0 aromatic heterocycles. The van der Waals surface area contributed by atoms with Crippen LogP contribution < -0.4 is 9.47 Å². The van der Waals surface area contributed by atoms with Crippen LogP contribution in [0.1, 0.15) is 25.0 Å². The van der Waals surface area contributed by atoms with Crippen molar-refractivity contribution in [3.8, 4) is 11.5 Å². The van der Waals surface area contributed by atoms with E-state index in [4.69, 9.17) is 9.47 Å². The summed E-state index contributed by atoms with van der Waals surface area (Å²) in [5.41, 5.74) is 0.234. The molecule has 4 heteroatoms. The summed E-state index contributed by atoms with van der Waals surface area (Å²) in [6.07, 6.45) is 0. The monoisotopic (exact) mass is 312 g/mol. The van der Waals surface area contributed by atoms with E-state index in [0.717, 1.165) is 11.1 Å². The average molecular weight is 312 g/mol. The molecule has 0 amide bonds. The van der Waals surface area contributed by atoms with Crippen molar-refractivity contribution in [1.29, 1.82) is 0 Å². The number of rotatable bonds is 4. The summed E-state index contributed by atoms with van der Waals surface area (Å²) < 4.78 is 10.7. The Morgan fingerprint density at radius 1 is 0.739 bits per heavy atom. The molecular formula is C19H20O4. The third-order valence-corrected chi connectivity index (χ3v) is 3.61. The van der Waals surface area contributed by atoms with Crippen LogP contribution in [0.4, 0.5) is 0 Å². The Bertz CT molecular complexity index is 670. The van der Waals surface area contributed by atoms with Crippen LogP contribution in [0.5, 0.6) is 11.5 Å². The summed E-state index contributed by atoms with van der Waals surface area (Å²) in [6, 6.07) is 14.3. The maximum Gasteiger partial charge on any atom is 0.328 e. The molecule has 0 radical (unpaired) electrons. The molecule has 0 heterocycles. The fourth-order valence-electron chi connectivity index (χ4n) is 1.88. The Kier molecular flexibility index (Phi) is 4.84. The quantitative estimate of drug-likeness (QED) is 0.489. The summed E-state index contributed by atoms with van der Waals surface area (Å²) in [7, 11) is 0. The van der Waals surface area contributed by atoms with Crippen molar-refractivity contribution >= 4 is 11.9 Å². The average Bonchev–Trinajstić information content (AvgIpc) is 2.51. The molecule has 0 aliphatic heterocycles. The highest BCUT2D eigenvalue weighted by molar-refractivity contribution is 6.00. The highest BCUT2D eigenvalue weighted by Gasteiger charge is 2.40. The van der Waals surface area contributed by atoms with Gasteiger partial charge in [-0.1, -0.05) is 36.4 Å². The molecule has 0 bridgehead atoms. The lowest BCUT2D eigenvalue weighted by Gasteiger charge is -2.21. The standard InChI is InChI=1S/C19H20O4/c1-13-9-5-7-11-15(13)22-17(20)19(3,4)18(21)23-16-12-8-6-10-14(16)2/h5-12H,1-4H3. The van der Waals surface area contributed by atoms with Gasteiger partial charge in [-0.3, -0.25) is 9.59 Å². The van der Waals surface area contributed by atoms with Gasteiger partial charge in [0.2, 0.25) is 0 Å². The van der Waals surface area contributed by atoms with Gasteiger partial charge in [-0.2, -0.15) is 0 Å². The second-order valence-electron chi connectivity index (χ2n) is 5.94. The molecule has 2 aromatic rings. The van der Waals surface area contributed by atoms with Gasteiger partial charge in [0.25, 0.3) is 0 Å². The molecule has 0 atom stereocenters. The lowest BCUT2D eigenvalue weighted by molar-refractivity contribution is -0.158. The van der Waals surface area contributed by atoms with Crippen LogP contribution in [0.15, 0.2) is 48.5 Å². The van der Waals surface area contributed by atoms with E-state index in [-0.39, 0.29) is 0 Å². The molecule has 0 unspecified atom stereocenters. The fraction of sp³-hybridized carbons (Fsp3) is 0.263. The van der Waals surface area contributed by atoms with Crippen molar-refractivity contribution < 1.29 is 19.1 Å². The highest BCUT2D eigenvalue weighted by atomic mass is 16.6. The Balaban J connectivity index is 2.13. The van der Waals surface area contributed by atoms with E-state index in [2.05, 4.69) is 0 Å². The largest absolute Gasteiger partial charge is 0.425 e. The number of ether oxygens (including phenoxy) is 2. The van der Waals surface area contributed by atoms with Crippen LogP contribution in [-0.2, 0) is 9.59 Å². The van der Waals surface area contributed by atoms with E-state index in [1.54, 1.807) is 24.3 Å². The molecule has 0 aliphatic rings. The lowest BCUT2D eigenvalue weighted by atomic mass is 9.94. The third-order valence-electron chi connectivity index (χ3n) is 3.61. The molecule has 2 aromatic carbocycles. The zero-order valence-electron chi connectivity index (χ0n) is 13.8. The van der Waals surface area contributed by atoms with Gasteiger partial charge in [0.1, 0.15) is 11.5 Å². The van der Waals surface area contributed by atoms with Crippen LogP contribution in [0.2, 0.25) is 0 Å². The molecule has 0 fully saturated rings. The Morgan fingerprint density at radius 3 is 1.43 bits per heavy atom. The van der Waals surface area contributed by atoms with Gasteiger partial charge >= 0.3 is 11.9 Å². The van der Waals surface area contributed by atoms with E-state index >= 15 is 0 Å². The summed E-state index contributed by atoms with van der Waals surface area (Å²) >= 11 is 0. The number of hydrogen-bond acceptors (Lipinski definition) is 4. The van der Waals surface area contributed by atoms with Crippen molar-refractivity contribution in [2.75, 3.05) is 0 Å². The predicted octanol–water partition coefficient (Wildman–Crippen LogP) is 3.84. The van der Waals surface area contributed by atoms with Gasteiger partial charge in [-0.05, 0) is 51.0 Å². The number of carbonyl (C=O) groups excluding carboxylic acids is 2. The number of hydrogen-bond donors (Lipinski definition) is 0. The second-order valence-corrected chi connectivity index (χ2v) is 5.94. The number of para-hydroxylation sites is 2. The van der Waals surface area contributed by atoms with Crippen molar-refractivity contribution in [3.05, 3.63) is 59.7 Å². The summed E-state index contributed by atoms with van der Waals surface area (Å²) in [4.78, 5) is 24.8. The van der Waals surface area contributed by atoms with E-state index in [0.29, 0.717) is 11.5 Å². The normalized spacial score (nSPS) is 11.0. The van der Waals surface area contributed by atoms with Gasteiger partial charge in [0.05, 0.1) is 0 Å². The topological polar surface area (TPSA) is 52.6 Å². The Hall–Kier alpha value is -2.62.